The van der Waals surface area contributed by atoms with Gasteiger partial charge in [-0.2, -0.15) is 0 Å². The minimum absolute atomic E-state index is 0.189. The van der Waals surface area contributed by atoms with Crippen LogP contribution >= 0.6 is 23.2 Å². The second-order valence-corrected chi connectivity index (χ2v) is 6.50. The Bertz CT molecular complexity index is 659. The maximum Gasteiger partial charge on any atom is 0.119 e. The maximum atomic E-state index is 10.2. The van der Waals surface area contributed by atoms with E-state index in [0.717, 1.165) is 29.2 Å². The Labute approximate surface area is 134 Å². The highest BCUT2D eigenvalue weighted by molar-refractivity contribution is 6.31. The number of benzene rings is 2. The zero-order valence-corrected chi connectivity index (χ0v) is 13.3. The predicted molar refractivity (Wildman–Crippen MR) is 87.5 cm³/mol. The average Bonchev–Trinajstić information content (AvgIpc) is 2.83. The molecular formula is C17H17Cl2NO. The fourth-order valence-corrected chi connectivity index (χ4v) is 3.69. The standard InChI is InChI=1S/C17H17Cl2NO/c1-20-9-14(12-4-2-3-5-16(12)19)15(10-20)13-8-11(18)6-7-17(13)21/h2-8,14-15,21H,9-10H2,1H3/t14-,15-/m0/s1. The van der Waals surface area contributed by atoms with Crippen LogP contribution in [0, 0.1) is 0 Å². The van der Waals surface area contributed by atoms with E-state index in [0.29, 0.717) is 10.8 Å². The lowest BCUT2D eigenvalue weighted by Crippen LogP contribution is -2.13. The molecule has 4 heteroatoms. The number of phenols is 1. The normalized spacial score (nSPS) is 22.6. The lowest BCUT2D eigenvalue weighted by atomic mass is 9.83. The highest BCUT2D eigenvalue weighted by Gasteiger charge is 2.35. The minimum atomic E-state index is 0.189. The van der Waals surface area contributed by atoms with E-state index in [9.17, 15) is 5.11 Å². The molecule has 2 aromatic rings. The van der Waals surface area contributed by atoms with Crippen molar-refractivity contribution in [3.05, 3.63) is 63.6 Å². The third-order valence-electron chi connectivity index (χ3n) is 4.20. The van der Waals surface area contributed by atoms with Gasteiger partial charge in [0.25, 0.3) is 0 Å². The molecule has 1 fully saturated rings. The van der Waals surface area contributed by atoms with E-state index in [-0.39, 0.29) is 11.8 Å². The monoisotopic (exact) mass is 321 g/mol. The van der Waals surface area contributed by atoms with Crippen LogP contribution in [0.15, 0.2) is 42.5 Å². The summed E-state index contributed by atoms with van der Waals surface area (Å²) in [7, 11) is 2.09. The highest BCUT2D eigenvalue weighted by Crippen LogP contribution is 2.44. The Balaban J connectivity index is 2.04. The number of halogens is 2. The predicted octanol–water partition coefficient (Wildman–Crippen LogP) is 4.51. The van der Waals surface area contributed by atoms with Crippen molar-refractivity contribution >= 4 is 23.2 Å². The molecule has 0 amide bonds. The number of likely N-dealkylation sites (N-methyl/N-ethyl adjacent to an activating group) is 1. The van der Waals surface area contributed by atoms with Gasteiger partial charge in [0, 0.05) is 40.5 Å². The first-order chi connectivity index (χ1) is 10.1. The van der Waals surface area contributed by atoms with Crippen LogP contribution in [-0.4, -0.2) is 30.1 Å². The van der Waals surface area contributed by atoms with Crippen molar-refractivity contribution in [3.8, 4) is 5.75 Å². The van der Waals surface area contributed by atoms with Gasteiger partial charge < -0.3 is 10.0 Å². The van der Waals surface area contributed by atoms with Crippen LogP contribution in [-0.2, 0) is 0 Å². The molecule has 0 radical (unpaired) electrons. The lowest BCUT2D eigenvalue weighted by Gasteiger charge is -2.21. The second kappa shape index (κ2) is 5.88. The van der Waals surface area contributed by atoms with Crippen molar-refractivity contribution in [2.75, 3.05) is 20.1 Å². The number of hydrogen-bond donors (Lipinski definition) is 1. The summed E-state index contributed by atoms with van der Waals surface area (Å²) in [4.78, 5) is 2.26. The van der Waals surface area contributed by atoms with E-state index in [1.165, 1.54) is 0 Å². The Morgan fingerprint density at radius 1 is 1.00 bits per heavy atom. The molecule has 0 aliphatic carbocycles. The van der Waals surface area contributed by atoms with Crippen LogP contribution in [0.2, 0.25) is 10.0 Å². The SMILES string of the molecule is CN1C[C@@H](c2cc(Cl)ccc2O)[C@H](c2ccccc2Cl)C1. The van der Waals surface area contributed by atoms with E-state index in [4.69, 9.17) is 23.2 Å². The molecule has 0 spiro atoms. The van der Waals surface area contributed by atoms with E-state index < -0.39 is 0 Å². The summed E-state index contributed by atoms with van der Waals surface area (Å²) in [5.74, 6) is 0.749. The van der Waals surface area contributed by atoms with Gasteiger partial charge in [-0.3, -0.25) is 0 Å². The van der Waals surface area contributed by atoms with Gasteiger partial charge in [0.1, 0.15) is 5.75 Å². The number of phenolic OH excluding ortho intramolecular Hbond substituents is 1. The van der Waals surface area contributed by atoms with Gasteiger partial charge in [0.15, 0.2) is 0 Å². The molecule has 2 aromatic carbocycles. The smallest absolute Gasteiger partial charge is 0.119 e. The molecule has 2 atom stereocenters. The van der Waals surface area contributed by atoms with Gasteiger partial charge in [-0.15, -0.1) is 0 Å². The van der Waals surface area contributed by atoms with Gasteiger partial charge >= 0.3 is 0 Å². The zero-order valence-electron chi connectivity index (χ0n) is 11.8. The summed E-state index contributed by atoms with van der Waals surface area (Å²) < 4.78 is 0. The third-order valence-corrected chi connectivity index (χ3v) is 4.78. The molecule has 0 aromatic heterocycles. The Morgan fingerprint density at radius 2 is 1.67 bits per heavy atom. The topological polar surface area (TPSA) is 23.5 Å². The van der Waals surface area contributed by atoms with Crippen LogP contribution < -0.4 is 0 Å². The van der Waals surface area contributed by atoms with Crippen molar-refractivity contribution in [2.45, 2.75) is 11.8 Å². The van der Waals surface area contributed by atoms with Gasteiger partial charge in [-0.25, -0.2) is 0 Å². The molecule has 1 aliphatic heterocycles. The number of likely N-dealkylation sites (tertiary alicyclic amines) is 1. The van der Waals surface area contributed by atoms with Crippen molar-refractivity contribution in [3.63, 3.8) is 0 Å². The van der Waals surface area contributed by atoms with Gasteiger partial charge in [-0.1, -0.05) is 41.4 Å². The van der Waals surface area contributed by atoms with Crippen LogP contribution in [0.4, 0.5) is 0 Å². The molecule has 1 N–H and O–H groups in total. The number of nitrogens with zero attached hydrogens (tertiary/aromatic N) is 1. The Kier molecular flexibility index (Phi) is 4.12. The Hall–Kier alpha value is -1.22. The van der Waals surface area contributed by atoms with Crippen molar-refractivity contribution in [1.29, 1.82) is 0 Å². The van der Waals surface area contributed by atoms with Crippen molar-refractivity contribution < 1.29 is 5.11 Å². The summed E-state index contributed by atoms with van der Waals surface area (Å²) in [6, 6.07) is 13.2. The molecule has 21 heavy (non-hydrogen) atoms. The number of aromatic hydroxyl groups is 1. The molecular weight excluding hydrogens is 305 g/mol. The number of hydrogen-bond acceptors (Lipinski definition) is 2. The lowest BCUT2D eigenvalue weighted by molar-refractivity contribution is 0.405. The quantitative estimate of drug-likeness (QED) is 0.879. The fraction of sp³-hybridized carbons (Fsp3) is 0.294. The number of rotatable bonds is 2. The molecule has 110 valence electrons. The van der Waals surface area contributed by atoms with Gasteiger partial charge in [-0.05, 0) is 36.9 Å². The summed E-state index contributed by atoms with van der Waals surface area (Å²) in [6.07, 6.45) is 0. The molecule has 0 unspecified atom stereocenters. The van der Waals surface area contributed by atoms with Gasteiger partial charge in [0.2, 0.25) is 0 Å². The van der Waals surface area contributed by atoms with E-state index in [1.807, 2.05) is 24.3 Å². The first-order valence-electron chi connectivity index (χ1n) is 6.97. The molecule has 1 saturated heterocycles. The fourth-order valence-electron chi connectivity index (χ4n) is 3.23. The summed E-state index contributed by atoms with van der Waals surface area (Å²) in [5.41, 5.74) is 2.03. The largest absolute Gasteiger partial charge is 0.508 e. The third kappa shape index (κ3) is 2.89. The first kappa shape index (κ1) is 14.7. The summed E-state index contributed by atoms with van der Waals surface area (Å²) >= 11 is 12.5. The van der Waals surface area contributed by atoms with Gasteiger partial charge in [0.05, 0.1) is 0 Å². The summed E-state index contributed by atoms with van der Waals surface area (Å²) in [5, 5.41) is 11.6. The zero-order chi connectivity index (χ0) is 15.0. The van der Waals surface area contributed by atoms with E-state index >= 15 is 0 Å². The van der Waals surface area contributed by atoms with Crippen molar-refractivity contribution in [1.82, 2.24) is 4.90 Å². The highest BCUT2D eigenvalue weighted by atomic mass is 35.5. The molecule has 0 bridgehead atoms. The van der Waals surface area contributed by atoms with Crippen LogP contribution in [0.5, 0.6) is 5.75 Å². The minimum Gasteiger partial charge on any atom is -0.508 e. The van der Waals surface area contributed by atoms with Crippen LogP contribution in [0.3, 0.4) is 0 Å². The molecule has 2 nitrogen and oxygen atoms in total. The van der Waals surface area contributed by atoms with Crippen LogP contribution in [0.25, 0.3) is 0 Å². The Morgan fingerprint density at radius 3 is 2.38 bits per heavy atom. The van der Waals surface area contributed by atoms with E-state index in [1.54, 1.807) is 12.1 Å². The van der Waals surface area contributed by atoms with E-state index in [2.05, 4.69) is 18.0 Å². The first-order valence-corrected chi connectivity index (χ1v) is 7.73. The molecule has 1 aliphatic rings. The average molecular weight is 322 g/mol. The molecule has 3 rings (SSSR count). The van der Waals surface area contributed by atoms with Crippen molar-refractivity contribution in [2.24, 2.45) is 0 Å². The summed E-state index contributed by atoms with van der Waals surface area (Å²) in [6.45, 7) is 1.80. The second-order valence-electron chi connectivity index (χ2n) is 5.66. The molecule has 0 saturated carbocycles. The molecule has 1 heterocycles. The maximum absolute atomic E-state index is 10.2. The van der Waals surface area contributed by atoms with Crippen LogP contribution in [0.1, 0.15) is 23.0 Å².